The first-order valence-electron chi connectivity index (χ1n) is 42.3. The van der Waals surface area contributed by atoms with Crippen LogP contribution in [0.15, 0.2) is 24.3 Å². The average molecular weight is 1640 g/mol. The quantitative estimate of drug-likeness (QED) is 0.0109. The van der Waals surface area contributed by atoms with E-state index in [-0.39, 0.29) is 111 Å². The molecule has 0 aromatic rings. The fraction of sp³-hybridized carbons (Fsp3) is 0.877. The number of phosphoric acid groups is 2. The van der Waals surface area contributed by atoms with E-state index >= 15 is 0 Å². The number of carbonyl (C=O) groups excluding carboxylic acids is 6. The number of amides is 4. The molecule has 0 bridgehead atoms. The molecule has 6 N–H and O–H groups in total. The number of unbranched alkanes of at least 4 members (excludes halogenated alkanes) is 26. The minimum atomic E-state index is -5.13. The Morgan fingerprint density at radius 3 is 1.05 bits per heavy atom. The number of hydrogen-bond donors (Lipinski definition) is 6. The number of aliphatic hydroxyl groups excluding tert-OH is 2. The van der Waals surface area contributed by atoms with Gasteiger partial charge in [-0.3, -0.25) is 37.9 Å². The molecule has 1 fully saturated rings. The van der Waals surface area contributed by atoms with Crippen LogP contribution in [-0.4, -0.2) is 166 Å². The molecule has 1 heterocycles. The zero-order chi connectivity index (χ0) is 80.5. The first-order chi connectivity index (χ1) is 52.4. The standard InChI is InChI=1S/C81H152N4O22P2.2Na/c1-9-15-21-27-29-31-33-39-45-51-75(90)104-71(49-43-37-25-19-13-5)61-73(88)84-67(63-98-57-53-69(86)47-41-35-23-17-11-3)65-102-108(94,95)100-59-55-82-79(92)77-78(107-81(7,8)106-77)80(93)83-56-60-101-109(96,97)103-66-68(64-99-58-54-70(87)48-42-36-24-18-12-4)85-74(89)62-72(50-44-38-26-20-14-6)105-76(91)52-46-40-34-32-30-28-22-16-10-2;;/h31-34,67-72,77-78,86-87H,9-30,35-66H2,1-8H3,(H,82,92)(H,83,93)(H,84,88)(H,85,89)(H,94,95)(H,96,97);;/q;2*+1/p-2/b33-31-,34-32-;;/t67?,68?,69-,70-,71-,72-,77?,78?;;/m1../s1. The van der Waals surface area contributed by atoms with Crippen LogP contribution in [0.1, 0.15) is 338 Å². The Morgan fingerprint density at radius 2 is 0.721 bits per heavy atom. The molecule has 26 nitrogen and oxygen atoms in total. The molecule has 6 unspecified atom stereocenters. The molecule has 4 amide bonds. The first-order valence-corrected chi connectivity index (χ1v) is 45.2. The zero-order valence-electron chi connectivity index (χ0n) is 70.6. The summed E-state index contributed by atoms with van der Waals surface area (Å²) in [7, 11) is -10.3. The van der Waals surface area contributed by atoms with Gasteiger partial charge in [-0.25, -0.2) is 0 Å². The van der Waals surface area contributed by atoms with Crippen molar-refractivity contribution in [2.24, 2.45) is 0 Å². The van der Waals surface area contributed by atoms with Gasteiger partial charge in [0.15, 0.2) is 18.0 Å². The Labute approximate surface area is 713 Å². The summed E-state index contributed by atoms with van der Waals surface area (Å²) in [5.74, 6) is -5.06. The molecule has 1 aliphatic rings. The Kier molecular flexibility index (Phi) is 73.6. The summed E-state index contributed by atoms with van der Waals surface area (Å²) in [5.41, 5.74) is 0. The third-order valence-electron chi connectivity index (χ3n) is 18.6. The Morgan fingerprint density at radius 1 is 0.414 bits per heavy atom. The van der Waals surface area contributed by atoms with Gasteiger partial charge in [0.1, 0.15) is 12.2 Å². The van der Waals surface area contributed by atoms with Crippen molar-refractivity contribution in [3.05, 3.63) is 24.3 Å². The molecule has 0 aromatic carbocycles. The number of carbonyl (C=O) groups is 6. The summed E-state index contributed by atoms with van der Waals surface area (Å²) in [6, 6.07) is -2.05. The third kappa shape index (κ3) is 65.9. The molecule has 0 aromatic heterocycles. The van der Waals surface area contributed by atoms with Gasteiger partial charge in [0.25, 0.3) is 27.5 Å². The average Bonchev–Trinajstić information content (AvgIpc) is 1.66. The number of nitrogens with one attached hydrogen (secondary N) is 4. The molecule has 0 saturated carbocycles. The molecular formula is C81H150N4Na2O22P2. The van der Waals surface area contributed by atoms with Crippen molar-refractivity contribution in [1.82, 2.24) is 21.3 Å². The summed E-state index contributed by atoms with van der Waals surface area (Å²) >= 11 is 0. The van der Waals surface area contributed by atoms with Crippen LogP contribution in [0.2, 0.25) is 0 Å². The van der Waals surface area contributed by atoms with Gasteiger partial charge in [0.2, 0.25) is 11.8 Å². The molecular weight excluding hydrogens is 1490 g/mol. The van der Waals surface area contributed by atoms with Gasteiger partial charge in [-0.2, -0.15) is 0 Å². The van der Waals surface area contributed by atoms with Crippen molar-refractivity contribution in [2.75, 3.05) is 65.9 Å². The number of rotatable bonds is 76. The maximum atomic E-state index is 13.7. The van der Waals surface area contributed by atoms with Crippen LogP contribution < -0.4 is 90.2 Å². The monoisotopic (exact) mass is 1640 g/mol. The van der Waals surface area contributed by atoms with Crippen LogP contribution in [0.25, 0.3) is 0 Å². The van der Waals surface area contributed by atoms with Gasteiger partial charge < -0.3 is 87.8 Å². The second-order valence-electron chi connectivity index (χ2n) is 29.6. The summed E-state index contributed by atoms with van der Waals surface area (Å²) in [5, 5.41) is 31.8. The van der Waals surface area contributed by atoms with Gasteiger partial charge in [-0.05, 0) is 117 Å². The smallest absolute Gasteiger partial charge is 0.756 e. The fourth-order valence-electron chi connectivity index (χ4n) is 12.3. The molecule has 30 heteroatoms. The van der Waals surface area contributed by atoms with E-state index in [1.54, 1.807) is 0 Å². The van der Waals surface area contributed by atoms with Crippen molar-refractivity contribution in [3.8, 4) is 0 Å². The minimum absolute atomic E-state index is 0. The van der Waals surface area contributed by atoms with Gasteiger partial charge >= 0.3 is 71.1 Å². The van der Waals surface area contributed by atoms with E-state index in [1.807, 2.05) is 0 Å². The molecule has 0 aliphatic carbocycles. The first kappa shape index (κ1) is 111. The van der Waals surface area contributed by atoms with Crippen LogP contribution in [0, 0.1) is 0 Å². The summed E-state index contributed by atoms with van der Waals surface area (Å²) in [6.45, 7) is 12.3. The number of esters is 2. The van der Waals surface area contributed by atoms with Crippen LogP contribution >= 0.6 is 15.6 Å². The van der Waals surface area contributed by atoms with Crippen molar-refractivity contribution in [2.45, 2.75) is 392 Å². The molecule has 0 radical (unpaired) electrons. The van der Waals surface area contributed by atoms with E-state index in [1.165, 1.54) is 52.4 Å². The van der Waals surface area contributed by atoms with E-state index in [0.717, 1.165) is 167 Å². The molecule has 0 spiro atoms. The third-order valence-corrected chi connectivity index (χ3v) is 20.5. The summed E-state index contributed by atoms with van der Waals surface area (Å²) in [6.07, 6.45) is 39.4. The normalized spacial score (nSPS) is 16.8. The largest absolute Gasteiger partial charge is 1.00 e. The van der Waals surface area contributed by atoms with E-state index in [2.05, 4.69) is 87.1 Å². The number of hydrogen-bond acceptors (Lipinski definition) is 22. The van der Waals surface area contributed by atoms with Crippen LogP contribution in [-0.2, 0) is 84.4 Å². The van der Waals surface area contributed by atoms with Gasteiger partial charge in [-0.1, -0.05) is 220 Å². The Hall–Kier alpha value is -1.72. The molecule has 1 saturated heterocycles. The molecule has 10 atom stereocenters. The molecule has 111 heavy (non-hydrogen) atoms. The predicted octanol–water partition coefficient (Wildman–Crippen LogP) is 8.69. The van der Waals surface area contributed by atoms with Crippen molar-refractivity contribution >= 4 is 51.2 Å². The zero-order valence-corrected chi connectivity index (χ0v) is 76.4. The van der Waals surface area contributed by atoms with Gasteiger partial charge in [0.05, 0.1) is 76.8 Å². The second-order valence-corrected chi connectivity index (χ2v) is 32.5. The number of aliphatic hydroxyl groups is 2. The predicted molar refractivity (Wildman–Crippen MR) is 422 cm³/mol. The van der Waals surface area contributed by atoms with Crippen molar-refractivity contribution < 1.29 is 164 Å². The number of phosphoric ester groups is 2. The fourth-order valence-corrected chi connectivity index (χ4v) is 13.8. The molecule has 1 aliphatic heterocycles. The van der Waals surface area contributed by atoms with Crippen LogP contribution in [0.3, 0.4) is 0 Å². The molecule has 638 valence electrons. The van der Waals surface area contributed by atoms with E-state index in [9.17, 15) is 57.9 Å². The van der Waals surface area contributed by atoms with Gasteiger partial charge in [-0.15, -0.1) is 0 Å². The Bertz CT molecular complexity index is 2330. The maximum absolute atomic E-state index is 13.7. The number of allylic oxidation sites excluding steroid dienone is 4. The van der Waals surface area contributed by atoms with E-state index in [4.69, 9.17) is 46.5 Å². The van der Waals surface area contributed by atoms with Crippen LogP contribution in [0.5, 0.6) is 0 Å². The van der Waals surface area contributed by atoms with E-state index in [0.29, 0.717) is 51.4 Å². The second kappa shape index (κ2) is 73.4. The Balaban J connectivity index is 0. The van der Waals surface area contributed by atoms with Gasteiger partial charge in [0, 0.05) is 39.1 Å². The van der Waals surface area contributed by atoms with E-state index < -0.39 is 145 Å². The SMILES string of the molecule is CCCCCC/C=C\CCCC(=O)O[C@H](CCCCCCC)CC(=O)NC(COCC[C@H](O)CCCCCCC)COP(=O)([O-])OCCNC(=O)C1OC(C)(C)OC1C(=O)NCCOP(=O)([O-])OCC(COCC[C@H](O)CCCCCCC)NC(=O)C[C@@H](CCCCCCC)OC(=O)CCC/C=C\CCCCCC.[Na+].[Na+]. The topological polar surface area (TPSA) is 364 Å². The maximum Gasteiger partial charge on any atom is 1.00 e. The van der Waals surface area contributed by atoms with Crippen molar-refractivity contribution in [3.63, 3.8) is 0 Å². The summed E-state index contributed by atoms with van der Waals surface area (Å²) < 4.78 is 82.1. The van der Waals surface area contributed by atoms with Crippen LogP contribution in [0.4, 0.5) is 0 Å². The minimum Gasteiger partial charge on any atom is -0.756 e. The van der Waals surface area contributed by atoms with Crippen molar-refractivity contribution in [1.29, 1.82) is 0 Å². The number of ether oxygens (including phenoxy) is 6. The molecule has 1 rings (SSSR count). The summed E-state index contributed by atoms with van der Waals surface area (Å²) in [4.78, 5) is 107.